The summed E-state index contributed by atoms with van der Waals surface area (Å²) in [6.45, 7) is 3.80. The Hall–Kier alpha value is -4.41. The first-order valence-corrected chi connectivity index (χ1v) is 10.8. The molecule has 0 bridgehead atoms. The van der Waals surface area contributed by atoms with Gasteiger partial charge in [0.15, 0.2) is 34.5 Å². The highest BCUT2D eigenvalue weighted by Gasteiger charge is 2.21. The molecule has 4 N–H and O–H groups in total. The van der Waals surface area contributed by atoms with Gasteiger partial charge in [0.05, 0.1) is 6.61 Å². The number of fused-ring (bicyclic) bond motifs is 2. The third-order valence-corrected chi connectivity index (χ3v) is 5.02. The van der Waals surface area contributed by atoms with E-state index in [9.17, 15) is 4.79 Å². The van der Waals surface area contributed by atoms with E-state index in [1.807, 2.05) is 0 Å². The lowest BCUT2D eigenvalue weighted by Crippen LogP contribution is -2.16. The highest BCUT2D eigenvalue weighted by atomic mass is 16.6. The van der Waals surface area contributed by atoms with Crippen LogP contribution in [0.1, 0.15) is 17.4 Å². The van der Waals surface area contributed by atoms with Crippen molar-refractivity contribution in [2.75, 3.05) is 49.4 Å². The molecule has 176 valence electrons. The molecule has 0 unspecified atom stereocenters. The van der Waals surface area contributed by atoms with Gasteiger partial charge in [0.1, 0.15) is 32.1 Å². The number of nitrogens with one attached hydrogen (secondary N) is 2. The summed E-state index contributed by atoms with van der Waals surface area (Å²) in [6, 6.07) is 10.7. The first kappa shape index (κ1) is 21.4. The minimum Gasteiger partial charge on any atom is -0.486 e. The van der Waals surface area contributed by atoms with Crippen LogP contribution in [0.25, 0.3) is 0 Å². The molecular formula is C23H23N5O6. The van der Waals surface area contributed by atoms with Crippen LogP contribution >= 0.6 is 0 Å². The molecule has 0 amide bonds. The quantitative estimate of drug-likeness (QED) is 0.462. The number of anilines is 5. The Morgan fingerprint density at radius 1 is 0.882 bits per heavy atom. The minimum atomic E-state index is -0.655. The third kappa shape index (κ3) is 4.40. The van der Waals surface area contributed by atoms with Crippen molar-refractivity contribution in [1.82, 2.24) is 9.97 Å². The summed E-state index contributed by atoms with van der Waals surface area (Å²) < 4.78 is 27.5. The molecule has 34 heavy (non-hydrogen) atoms. The second-order valence-electron chi connectivity index (χ2n) is 7.35. The van der Waals surface area contributed by atoms with E-state index in [0.717, 1.165) is 0 Å². The average Bonchev–Trinajstić information content (AvgIpc) is 2.86. The number of esters is 1. The highest BCUT2D eigenvalue weighted by molar-refractivity contribution is 5.96. The number of nitrogen functional groups attached to an aromatic ring is 1. The number of hydrogen-bond acceptors (Lipinski definition) is 11. The maximum absolute atomic E-state index is 12.5. The molecule has 0 atom stereocenters. The monoisotopic (exact) mass is 465 g/mol. The van der Waals surface area contributed by atoms with Gasteiger partial charge in [0.2, 0.25) is 5.95 Å². The smallest absolute Gasteiger partial charge is 0.359 e. The molecule has 1 aromatic heterocycles. The predicted molar refractivity (Wildman–Crippen MR) is 124 cm³/mol. The van der Waals surface area contributed by atoms with Crippen LogP contribution in [0.2, 0.25) is 0 Å². The Kier molecular flexibility index (Phi) is 5.81. The third-order valence-electron chi connectivity index (χ3n) is 5.02. The maximum atomic E-state index is 12.5. The van der Waals surface area contributed by atoms with Gasteiger partial charge < -0.3 is 40.1 Å². The van der Waals surface area contributed by atoms with Crippen LogP contribution in [0, 0.1) is 0 Å². The zero-order valence-electron chi connectivity index (χ0n) is 18.4. The molecule has 2 aliphatic rings. The fourth-order valence-electron chi connectivity index (χ4n) is 3.48. The van der Waals surface area contributed by atoms with Gasteiger partial charge in [0.25, 0.3) is 0 Å². The summed E-state index contributed by atoms with van der Waals surface area (Å²) in [5.74, 6) is 2.24. The van der Waals surface area contributed by atoms with E-state index in [2.05, 4.69) is 20.6 Å². The molecule has 0 radical (unpaired) electrons. The van der Waals surface area contributed by atoms with Crippen molar-refractivity contribution in [3.05, 3.63) is 42.1 Å². The molecule has 0 aliphatic carbocycles. The van der Waals surface area contributed by atoms with E-state index in [1.165, 1.54) is 0 Å². The standard InChI is InChI=1S/C23H23N5O6/c1-2-30-22(29)20-19(24)21(25-13-3-5-15-17(11-13)33-9-7-31-15)28-23(27-20)26-14-4-6-16-18(12-14)34-10-8-32-16/h3-6,11-12H,2,7-10,24H2,1H3,(H2,25,26,27,28). The van der Waals surface area contributed by atoms with Gasteiger partial charge in [-0.2, -0.15) is 4.98 Å². The van der Waals surface area contributed by atoms with Crippen LogP contribution < -0.4 is 35.3 Å². The summed E-state index contributed by atoms with van der Waals surface area (Å²) in [6.07, 6.45) is 0. The molecule has 3 aromatic rings. The van der Waals surface area contributed by atoms with Crippen LogP contribution in [0.5, 0.6) is 23.0 Å². The van der Waals surface area contributed by atoms with Crippen LogP contribution in [-0.4, -0.2) is 49.0 Å². The Morgan fingerprint density at radius 2 is 1.44 bits per heavy atom. The van der Waals surface area contributed by atoms with Crippen molar-refractivity contribution < 1.29 is 28.5 Å². The van der Waals surface area contributed by atoms with Gasteiger partial charge in [0, 0.05) is 23.5 Å². The molecule has 3 heterocycles. The number of aromatic nitrogens is 2. The topological polar surface area (TPSA) is 139 Å². The number of benzene rings is 2. The molecule has 0 fully saturated rings. The lowest BCUT2D eigenvalue weighted by molar-refractivity contribution is 0.0521. The number of nitrogens with zero attached hydrogens (tertiary/aromatic N) is 2. The predicted octanol–water partition coefficient (Wildman–Crippen LogP) is 3.27. The van der Waals surface area contributed by atoms with Crippen LogP contribution in [0.3, 0.4) is 0 Å². The van der Waals surface area contributed by atoms with E-state index in [-0.39, 0.29) is 29.8 Å². The van der Waals surface area contributed by atoms with Gasteiger partial charge in [-0.05, 0) is 31.2 Å². The average molecular weight is 465 g/mol. The van der Waals surface area contributed by atoms with E-state index in [4.69, 9.17) is 29.4 Å². The number of hydrogen-bond donors (Lipinski definition) is 3. The molecule has 2 aliphatic heterocycles. The number of nitrogens with two attached hydrogens (primary N) is 1. The summed E-state index contributed by atoms with van der Waals surface area (Å²) in [4.78, 5) is 21.3. The molecule has 0 spiro atoms. The summed E-state index contributed by atoms with van der Waals surface area (Å²) in [7, 11) is 0. The SMILES string of the molecule is CCOC(=O)c1nc(Nc2ccc3c(c2)OCCO3)nc(Nc2ccc3c(c2)OCCO3)c1N. The zero-order valence-corrected chi connectivity index (χ0v) is 18.4. The molecule has 11 heteroatoms. The summed E-state index contributed by atoms with van der Waals surface area (Å²) in [5.41, 5.74) is 7.54. The molecule has 2 aromatic carbocycles. The fourth-order valence-corrected chi connectivity index (χ4v) is 3.48. The van der Waals surface area contributed by atoms with Crippen LogP contribution in [0.4, 0.5) is 28.8 Å². The first-order valence-electron chi connectivity index (χ1n) is 10.8. The largest absolute Gasteiger partial charge is 0.486 e. The van der Waals surface area contributed by atoms with Crippen molar-refractivity contribution in [3.63, 3.8) is 0 Å². The maximum Gasteiger partial charge on any atom is 0.359 e. The Morgan fingerprint density at radius 3 is 2.03 bits per heavy atom. The molecular weight excluding hydrogens is 442 g/mol. The zero-order chi connectivity index (χ0) is 23.5. The number of carbonyl (C=O) groups excluding carboxylic acids is 1. The van der Waals surface area contributed by atoms with Crippen molar-refractivity contribution >= 4 is 34.8 Å². The van der Waals surface area contributed by atoms with E-state index in [0.29, 0.717) is 60.8 Å². The number of ether oxygens (including phenoxy) is 5. The van der Waals surface area contributed by atoms with Crippen molar-refractivity contribution in [3.8, 4) is 23.0 Å². The summed E-state index contributed by atoms with van der Waals surface area (Å²) in [5, 5.41) is 6.22. The van der Waals surface area contributed by atoms with Crippen molar-refractivity contribution in [2.24, 2.45) is 0 Å². The van der Waals surface area contributed by atoms with Gasteiger partial charge in [-0.3, -0.25) is 0 Å². The van der Waals surface area contributed by atoms with Crippen LogP contribution in [0.15, 0.2) is 36.4 Å². The van der Waals surface area contributed by atoms with Crippen molar-refractivity contribution in [2.45, 2.75) is 6.92 Å². The van der Waals surface area contributed by atoms with Gasteiger partial charge >= 0.3 is 5.97 Å². The van der Waals surface area contributed by atoms with Gasteiger partial charge in [-0.15, -0.1) is 0 Å². The molecule has 0 saturated carbocycles. The fraction of sp³-hybridized carbons (Fsp3) is 0.261. The van der Waals surface area contributed by atoms with E-state index >= 15 is 0 Å². The molecule has 11 nitrogen and oxygen atoms in total. The lowest BCUT2D eigenvalue weighted by atomic mass is 10.2. The Labute approximate surface area is 195 Å². The van der Waals surface area contributed by atoms with Crippen LogP contribution in [-0.2, 0) is 4.74 Å². The van der Waals surface area contributed by atoms with Gasteiger partial charge in [-0.25, -0.2) is 9.78 Å². The van der Waals surface area contributed by atoms with Gasteiger partial charge in [-0.1, -0.05) is 0 Å². The first-order chi connectivity index (χ1) is 16.6. The Bertz CT molecular complexity index is 1230. The normalized spacial score (nSPS) is 13.7. The highest BCUT2D eigenvalue weighted by Crippen LogP contribution is 2.36. The summed E-state index contributed by atoms with van der Waals surface area (Å²) >= 11 is 0. The minimum absolute atomic E-state index is 0.0565. The number of carbonyl (C=O) groups is 1. The number of rotatable bonds is 6. The molecule has 0 saturated heterocycles. The molecule has 5 rings (SSSR count). The van der Waals surface area contributed by atoms with Crippen molar-refractivity contribution in [1.29, 1.82) is 0 Å². The Balaban J connectivity index is 1.47. The van der Waals surface area contributed by atoms with E-state index in [1.54, 1.807) is 43.3 Å². The lowest BCUT2D eigenvalue weighted by Gasteiger charge is -2.20. The second-order valence-corrected chi connectivity index (χ2v) is 7.35. The van der Waals surface area contributed by atoms with E-state index < -0.39 is 5.97 Å². The second kappa shape index (κ2) is 9.22.